The van der Waals surface area contributed by atoms with Crippen LogP contribution < -0.4 is 5.32 Å². The number of amides is 1. The molecule has 0 aromatic rings. The van der Waals surface area contributed by atoms with Crippen molar-refractivity contribution in [2.75, 3.05) is 12.3 Å². The highest BCUT2D eigenvalue weighted by molar-refractivity contribution is 8.00. The summed E-state index contributed by atoms with van der Waals surface area (Å²) in [5.74, 6) is -0.422. The summed E-state index contributed by atoms with van der Waals surface area (Å²) in [5.41, 5.74) is 0.951. The molecule has 0 bridgehead atoms. The van der Waals surface area contributed by atoms with E-state index in [0.29, 0.717) is 5.75 Å². The first-order chi connectivity index (χ1) is 9.07. The second kappa shape index (κ2) is 5.96. The van der Waals surface area contributed by atoms with Gasteiger partial charge < -0.3 is 10.4 Å². The zero-order valence-electron chi connectivity index (χ0n) is 11.3. The standard InChI is InChI=1S/C13H20N2O3S/c1-3-4-5-6-14-9-11(16)15-10(13(17)18)8(2)7-19-12(9)15/h9,12,14H,3-7H2,1-2H3,(H,17,18)/t9?,12-/m0/s1. The Balaban J connectivity index is 1.97. The Morgan fingerprint density at radius 2 is 2.26 bits per heavy atom. The first-order valence-corrected chi connectivity index (χ1v) is 7.74. The van der Waals surface area contributed by atoms with Gasteiger partial charge in [-0.3, -0.25) is 9.69 Å². The average molecular weight is 284 g/mol. The maximum atomic E-state index is 12.1. The van der Waals surface area contributed by atoms with Crippen molar-refractivity contribution in [3.8, 4) is 0 Å². The van der Waals surface area contributed by atoms with E-state index in [-0.39, 0.29) is 23.0 Å². The van der Waals surface area contributed by atoms with E-state index in [2.05, 4.69) is 12.2 Å². The number of nitrogens with one attached hydrogen (secondary N) is 1. The fourth-order valence-corrected chi connectivity index (χ4v) is 3.78. The smallest absolute Gasteiger partial charge is 0.352 e. The second-order valence-electron chi connectivity index (χ2n) is 4.98. The minimum absolute atomic E-state index is 0.0519. The monoisotopic (exact) mass is 284 g/mol. The van der Waals surface area contributed by atoms with E-state index in [9.17, 15) is 14.7 Å². The molecular formula is C13H20N2O3S. The van der Waals surface area contributed by atoms with Gasteiger partial charge in [-0.25, -0.2) is 4.79 Å². The lowest BCUT2D eigenvalue weighted by molar-refractivity contribution is -0.149. The predicted molar refractivity (Wildman–Crippen MR) is 74.7 cm³/mol. The number of thioether (sulfide) groups is 1. The largest absolute Gasteiger partial charge is 0.477 e. The number of β-lactam (4-membered cyclic amide) rings is 1. The van der Waals surface area contributed by atoms with Gasteiger partial charge in [-0.05, 0) is 25.5 Å². The lowest BCUT2D eigenvalue weighted by Crippen LogP contribution is -2.69. The van der Waals surface area contributed by atoms with Crippen LogP contribution in [0.3, 0.4) is 0 Å². The molecule has 2 atom stereocenters. The van der Waals surface area contributed by atoms with Crippen molar-refractivity contribution in [1.82, 2.24) is 10.2 Å². The number of hydrogen-bond acceptors (Lipinski definition) is 4. The highest BCUT2D eigenvalue weighted by Crippen LogP contribution is 2.39. The Kier molecular flexibility index (Phi) is 4.52. The molecule has 5 nitrogen and oxygen atoms in total. The molecule has 2 N–H and O–H groups in total. The van der Waals surface area contributed by atoms with Crippen molar-refractivity contribution in [3.05, 3.63) is 11.3 Å². The third-order valence-corrected chi connectivity index (χ3v) is 4.93. The van der Waals surface area contributed by atoms with Crippen LogP contribution in [0, 0.1) is 0 Å². The molecule has 0 aliphatic carbocycles. The van der Waals surface area contributed by atoms with Gasteiger partial charge in [0.1, 0.15) is 17.1 Å². The van der Waals surface area contributed by atoms with Crippen molar-refractivity contribution >= 4 is 23.6 Å². The molecule has 0 aromatic heterocycles. The molecule has 0 radical (unpaired) electrons. The second-order valence-corrected chi connectivity index (χ2v) is 6.09. The van der Waals surface area contributed by atoms with Crippen LogP contribution in [0.2, 0.25) is 0 Å². The SMILES string of the molecule is CCCCCNC1C(=O)N2C(C(=O)O)=C(C)CS[C@@H]12. The minimum atomic E-state index is -0.999. The van der Waals surface area contributed by atoms with E-state index in [1.807, 2.05) is 0 Å². The topological polar surface area (TPSA) is 69.6 Å². The lowest BCUT2D eigenvalue weighted by atomic mass is 10.0. The molecule has 1 saturated heterocycles. The molecule has 0 saturated carbocycles. The molecule has 1 unspecified atom stereocenters. The average Bonchev–Trinajstić information content (AvgIpc) is 2.38. The summed E-state index contributed by atoms with van der Waals surface area (Å²) < 4.78 is 0. The van der Waals surface area contributed by atoms with Gasteiger partial charge in [-0.15, -0.1) is 11.8 Å². The van der Waals surface area contributed by atoms with Crippen LogP contribution in [-0.4, -0.2) is 45.6 Å². The summed E-state index contributed by atoms with van der Waals surface area (Å²) in [6.45, 7) is 4.74. The van der Waals surface area contributed by atoms with Crippen LogP contribution in [0.15, 0.2) is 11.3 Å². The predicted octanol–water partition coefficient (Wildman–Crippen LogP) is 1.41. The van der Waals surface area contributed by atoms with E-state index in [0.717, 1.165) is 31.4 Å². The normalized spacial score (nSPS) is 26.2. The fraction of sp³-hybridized carbons (Fsp3) is 0.692. The number of carboxylic acid groups (broad SMARTS) is 1. The van der Waals surface area contributed by atoms with Gasteiger partial charge in [0, 0.05) is 5.75 Å². The summed E-state index contributed by atoms with van der Waals surface area (Å²) in [5, 5.41) is 12.4. The quantitative estimate of drug-likeness (QED) is 0.570. The Bertz CT molecular complexity index is 422. The molecule has 2 rings (SSSR count). The summed E-state index contributed by atoms with van der Waals surface area (Å²) in [6.07, 6.45) is 3.35. The zero-order chi connectivity index (χ0) is 14.0. The first-order valence-electron chi connectivity index (χ1n) is 6.69. The van der Waals surface area contributed by atoms with Gasteiger partial charge in [0.05, 0.1) is 0 Å². The van der Waals surface area contributed by atoms with Gasteiger partial charge in [0.2, 0.25) is 5.91 Å². The Morgan fingerprint density at radius 3 is 2.89 bits per heavy atom. The van der Waals surface area contributed by atoms with Gasteiger partial charge in [-0.2, -0.15) is 0 Å². The van der Waals surface area contributed by atoms with E-state index < -0.39 is 5.97 Å². The number of unbranched alkanes of at least 4 members (excludes halogenated alkanes) is 2. The van der Waals surface area contributed by atoms with Gasteiger partial charge in [0.25, 0.3) is 0 Å². The molecule has 0 aromatic carbocycles. The van der Waals surface area contributed by atoms with E-state index in [4.69, 9.17) is 0 Å². The molecule has 1 fully saturated rings. The number of nitrogens with zero attached hydrogens (tertiary/aromatic N) is 1. The molecular weight excluding hydrogens is 264 g/mol. The molecule has 1 amide bonds. The maximum Gasteiger partial charge on any atom is 0.352 e. The molecule has 19 heavy (non-hydrogen) atoms. The van der Waals surface area contributed by atoms with Gasteiger partial charge >= 0.3 is 5.97 Å². The van der Waals surface area contributed by atoms with E-state index in [1.165, 1.54) is 4.90 Å². The van der Waals surface area contributed by atoms with E-state index >= 15 is 0 Å². The van der Waals surface area contributed by atoms with Crippen LogP contribution in [0.4, 0.5) is 0 Å². The maximum absolute atomic E-state index is 12.1. The van der Waals surface area contributed by atoms with Crippen molar-refractivity contribution in [2.45, 2.75) is 44.5 Å². The number of carbonyl (C=O) groups is 2. The van der Waals surface area contributed by atoms with Crippen LogP contribution >= 0.6 is 11.8 Å². The van der Waals surface area contributed by atoms with Crippen molar-refractivity contribution in [2.24, 2.45) is 0 Å². The Hall–Kier alpha value is -1.01. The van der Waals surface area contributed by atoms with E-state index in [1.54, 1.807) is 18.7 Å². The summed E-state index contributed by atoms with van der Waals surface area (Å²) in [6, 6.07) is -0.218. The molecule has 6 heteroatoms. The summed E-state index contributed by atoms with van der Waals surface area (Å²) in [4.78, 5) is 24.7. The number of aliphatic carboxylic acids is 1. The number of carboxylic acids is 1. The van der Waals surface area contributed by atoms with Crippen LogP contribution in [0.5, 0.6) is 0 Å². The summed E-state index contributed by atoms with van der Waals surface area (Å²) in [7, 11) is 0. The van der Waals surface area contributed by atoms with Crippen LogP contribution in [0.1, 0.15) is 33.1 Å². The highest BCUT2D eigenvalue weighted by atomic mass is 32.2. The molecule has 106 valence electrons. The van der Waals surface area contributed by atoms with Crippen LogP contribution in [-0.2, 0) is 9.59 Å². The lowest BCUT2D eigenvalue weighted by Gasteiger charge is -2.49. The van der Waals surface area contributed by atoms with Crippen molar-refractivity contribution < 1.29 is 14.7 Å². The summed E-state index contributed by atoms with van der Waals surface area (Å²) >= 11 is 1.64. The molecule has 2 heterocycles. The van der Waals surface area contributed by atoms with Gasteiger partial charge in [0.15, 0.2) is 0 Å². The third-order valence-electron chi connectivity index (χ3n) is 3.51. The molecule has 2 aliphatic rings. The Labute approximate surface area is 117 Å². The number of fused-ring (bicyclic) bond motifs is 1. The highest BCUT2D eigenvalue weighted by Gasteiger charge is 2.52. The zero-order valence-corrected chi connectivity index (χ0v) is 12.1. The molecule has 2 aliphatic heterocycles. The first kappa shape index (κ1) is 14.4. The van der Waals surface area contributed by atoms with Crippen molar-refractivity contribution in [1.29, 1.82) is 0 Å². The molecule has 0 spiro atoms. The number of rotatable bonds is 6. The van der Waals surface area contributed by atoms with Gasteiger partial charge in [-0.1, -0.05) is 19.8 Å². The number of carbonyl (C=O) groups excluding carboxylic acids is 1. The number of hydrogen-bond donors (Lipinski definition) is 2. The third kappa shape index (κ3) is 2.65. The van der Waals surface area contributed by atoms with Crippen molar-refractivity contribution in [3.63, 3.8) is 0 Å². The minimum Gasteiger partial charge on any atom is -0.477 e. The fourth-order valence-electron chi connectivity index (χ4n) is 2.46. The van der Waals surface area contributed by atoms with Crippen LogP contribution in [0.25, 0.3) is 0 Å². The Morgan fingerprint density at radius 1 is 1.53 bits per heavy atom.